The van der Waals surface area contributed by atoms with Crippen molar-refractivity contribution < 1.29 is 0 Å². The van der Waals surface area contributed by atoms with Gasteiger partial charge in [-0.05, 0) is 208 Å². The van der Waals surface area contributed by atoms with Gasteiger partial charge in [0.15, 0.2) is 0 Å². The van der Waals surface area contributed by atoms with Gasteiger partial charge in [-0.25, -0.2) is 9.97 Å². The smallest absolute Gasteiger partial charge is 0.146 e. The molecule has 0 saturated carbocycles. The molecule has 576 valence electrons. The van der Waals surface area contributed by atoms with Crippen molar-refractivity contribution in [2.45, 2.75) is 0 Å². The van der Waals surface area contributed by atoms with E-state index in [2.05, 4.69) is 420 Å². The van der Waals surface area contributed by atoms with Gasteiger partial charge >= 0.3 is 0 Å². The van der Waals surface area contributed by atoms with Crippen LogP contribution in [0.5, 0.6) is 0 Å². The molecule has 24 aromatic rings. The van der Waals surface area contributed by atoms with Crippen LogP contribution in [0, 0.1) is 0 Å². The SMILES string of the molecule is Brc1cccc2c1c1cccnc1n2-c1ccccc1.Brc1cccc2c1c1ccncc1n2-c1ccccc1.Brc1cccc2c1c1cnccc1n2-c1ccccc1.Brc1cccc2c1c1ncccc1n2-c1ccccc1.Brc1ccnc2c1c1ccccc1n2-c1ccccc1.Brc1cncc2c1c1ccccc1n2-c1ccccc1. The summed E-state index contributed by atoms with van der Waals surface area (Å²) in [5.74, 6) is 0. The van der Waals surface area contributed by atoms with Gasteiger partial charge in [-0.1, -0.05) is 234 Å². The van der Waals surface area contributed by atoms with E-state index in [-0.39, 0.29) is 0 Å². The van der Waals surface area contributed by atoms with Crippen molar-refractivity contribution in [3.05, 3.63) is 428 Å². The van der Waals surface area contributed by atoms with Gasteiger partial charge in [0.25, 0.3) is 0 Å². The highest BCUT2D eigenvalue weighted by Crippen LogP contribution is 2.42. The van der Waals surface area contributed by atoms with E-state index < -0.39 is 0 Å². The van der Waals surface area contributed by atoms with Gasteiger partial charge in [0.05, 0.1) is 73.1 Å². The minimum Gasteiger partial charge on any atom is -0.309 e. The molecular formula is C102H66Br6N12. The van der Waals surface area contributed by atoms with Crippen LogP contribution < -0.4 is 0 Å². The highest BCUT2D eigenvalue weighted by Gasteiger charge is 2.21. The van der Waals surface area contributed by atoms with E-state index in [1.807, 2.05) is 135 Å². The van der Waals surface area contributed by atoms with E-state index in [1.165, 1.54) is 87.1 Å². The van der Waals surface area contributed by atoms with Crippen LogP contribution in [-0.4, -0.2) is 57.3 Å². The second-order valence-corrected chi connectivity index (χ2v) is 33.3. The molecule has 0 bridgehead atoms. The van der Waals surface area contributed by atoms with E-state index in [0.717, 1.165) is 105 Å². The first-order valence-electron chi connectivity index (χ1n) is 38.7. The fourth-order valence-corrected chi connectivity index (χ4v) is 19.5. The minimum atomic E-state index is 0.978. The molecule has 0 N–H and O–H groups in total. The van der Waals surface area contributed by atoms with Gasteiger partial charge in [0.2, 0.25) is 0 Å². The Balaban J connectivity index is 0.0000000952. The molecule has 24 rings (SSSR count). The molecule has 0 fully saturated rings. The maximum atomic E-state index is 4.59. The molecule has 0 amide bonds. The molecule has 0 aliphatic heterocycles. The predicted molar refractivity (Wildman–Crippen MR) is 518 cm³/mol. The van der Waals surface area contributed by atoms with Gasteiger partial charge in [-0.2, -0.15) is 0 Å². The molecule has 0 atom stereocenters. The summed E-state index contributed by atoms with van der Waals surface area (Å²) in [6.45, 7) is 0. The normalized spacial score (nSPS) is 11.2. The number of fused-ring (bicyclic) bond motifs is 18. The number of halogens is 6. The lowest BCUT2D eigenvalue weighted by Gasteiger charge is -2.07. The number of pyridine rings is 6. The molecule has 0 aliphatic carbocycles. The molecule has 12 nitrogen and oxygen atoms in total. The summed E-state index contributed by atoms with van der Waals surface area (Å²) >= 11 is 21.9. The van der Waals surface area contributed by atoms with Crippen LogP contribution in [0.4, 0.5) is 0 Å². The Morgan fingerprint density at radius 3 is 1.06 bits per heavy atom. The summed E-state index contributed by atoms with van der Waals surface area (Å²) in [7, 11) is 0. The Morgan fingerprint density at radius 1 is 0.167 bits per heavy atom. The zero-order valence-corrected chi connectivity index (χ0v) is 73.3. The second kappa shape index (κ2) is 34.3. The Labute approximate surface area is 739 Å². The first-order valence-corrected chi connectivity index (χ1v) is 43.4. The third-order valence-corrected chi connectivity index (χ3v) is 25.1. The van der Waals surface area contributed by atoms with Crippen molar-refractivity contribution in [3.8, 4) is 34.1 Å². The van der Waals surface area contributed by atoms with Crippen LogP contribution in [0.25, 0.3) is 165 Å². The summed E-state index contributed by atoms with van der Waals surface area (Å²) in [6.07, 6.45) is 16.8. The van der Waals surface area contributed by atoms with Gasteiger partial charge in [0, 0.05) is 164 Å². The molecule has 12 aromatic carbocycles. The van der Waals surface area contributed by atoms with Crippen molar-refractivity contribution in [1.29, 1.82) is 0 Å². The Bertz CT molecular complexity index is 6670. The van der Waals surface area contributed by atoms with Gasteiger partial charge in [-0.3, -0.25) is 29.1 Å². The van der Waals surface area contributed by atoms with Gasteiger partial charge < -0.3 is 18.3 Å². The number of para-hydroxylation sites is 8. The highest BCUT2D eigenvalue weighted by atomic mass is 79.9. The Hall–Kier alpha value is -12.8. The monoisotopic (exact) mass is 1930 g/mol. The van der Waals surface area contributed by atoms with Crippen LogP contribution >= 0.6 is 95.6 Å². The topological polar surface area (TPSA) is 107 Å². The number of hydrogen-bond acceptors (Lipinski definition) is 6. The van der Waals surface area contributed by atoms with Crippen molar-refractivity contribution in [3.63, 3.8) is 0 Å². The van der Waals surface area contributed by atoms with Crippen molar-refractivity contribution in [2.24, 2.45) is 0 Å². The minimum absolute atomic E-state index is 0.978. The van der Waals surface area contributed by atoms with E-state index >= 15 is 0 Å². The lowest BCUT2D eigenvalue weighted by Crippen LogP contribution is -1.94. The van der Waals surface area contributed by atoms with Gasteiger partial charge in [-0.15, -0.1) is 0 Å². The molecular weight excluding hydrogens is 1870 g/mol. The maximum absolute atomic E-state index is 4.59. The summed E-state index contributed by atoms with van der Waals surface area (Å²) in [5.41, 5.74) is 21.5. The van der Waals surface area contributed by atoms with Crippen molar-refractivity contribution >= 4 is 227 Å². The summed E-state index contributed by atoms with van der Waals surface area (Å²) < 4.78 is 19.9. The van der Waals surface area contributed by atoms with Crippen LogP contribution in [0.15, 0.2) is 428 Å². The molecule has 12 aromatic heterocycles. The first kappa shape index (κ1) is 77.2. The zero-order valence-electron chi connectivity index (χ0n) is 63.7. The molecule has 0 unspecified atom stereocenters. The molecule has 0 spiro atoms. The van der Waals surface area contributed by atoms with E-state index in [0.29, 0.717) is 0 Å². The van der Waals surface area contributed by atoms with Crippen LogP contribution in [0.2, 0.25) is 0 Å². The maximum Gasteiger partial charge on any atom is 0.146 e. The largest absolute Gasteiger partial charge is 0.309 e. The van der Waals surface area contributed by atoms with Crippen molar-refractivity contribution in [2.75, 3.05) is 0 Å². The number of benzene rings is 12. The first-order chi connectivity index (χ1) is 59.2. The van der Waals surface area contributed by atoms with Crippen LogP contribution in [-0.2, 0) is 0 Å². The Morgan fingerprint density at radius 2 is 0.500 bits per heavy atom. The van der Waals surface area contributed by atoms with Crippen LogP contribution in [0.1, 0.15) is 0 Å². The summed E-state index contributed by atoms with van der Waals surface area (Å²) in [6, 6.07) is 119. The summed E-state index contributed by atoms with van der Waals surface area (Å²) in [5, 5.41) is 13.2. The van der Waals surface area contributed by atoms with E-state index in [1.54, 1.807) is 0 Å². The second-order valence-electron chi connectivity index (χ2n) is 28.1. The number of nitrogens with zero attached hydrogens (tertiary/aromatic N) is 12. The molecule has 18 heteroatoms. The molecule has 12 heterocycles. The van der Waals surface area contributed by atoms with Crippen molar-refractivity contribution in [1.82, 2.24) is 57.3 Å². The third-order valence-electron chi connectivity index (χ3n) is 21.2. The van der Waals surface area contributed by atoms with E-state index in [4.69, 9.17) is 0 Å². The molecule has 0 aliphatic rings. The zero-order chi connectivity index (χ0) is 81.2. The molecule has 0 radical (unpaired) electrons. The van der Waals surface area contributed by atoms with E-state index in [9.17, 15) is 0 Å². The lowest BCUT2D eigenvalue weighted by atomic mass is 10.2. The summed E-state index contributed by atoms with van der Waals surface area (Å²) in [4.78, 5) is 26.6. The molecule has 0 saturated heterocycles. The van der Waals surface area contributed by atoms with Gasteiger partial charge in [0.1, 0.15) is 11.3 Å². The van der Waals surface area contributed by atoms with Crippen LogP contribution in [0.3, 0.4) is 0 Å². The number of aromatic nitrogens is 12. The average molecular weight is 1940 g/mol. The quantitative estimate of drug-likeness (QED) is 0.164. The number of rotatable bonds is 6. The fraction of sp³-hybridized carbons (Fsp3) is 0. The molecule has 120 heavy (non-hydrogen) atoms. The lowest BCUT2D eigenvalue weighted by molar-refractivity contribution is 1.13. The fourth-order valence-electron chi connectivity index (χ4n) is 16.2. The predicted octanol–water partition coefficient (Wildman–Crippen LogP) is 29.6. The Kier molecular flexibility index (Phi) is 22.0. The average Bonchev–Trinajstić information content (AvgIpc) is 1.63. The highest BCUT2D eigenvalue weighted by molar-refractivity contribution is 9.11. The number of hydrogen-bond donors (Lipinski definition) is 0. The standard InChI is InChI=1S/6C17H11BrN2/c18-14-9-4-10-15-16(14)13-8-5-11-19-17(13)20(15)12-6-2-1-3-7-12;18-13-8-4-9-14-16(13)17-15(10-5-11-19-17)20(14)12-6-2-1-3-7-12;18-14-10-19-11-16-17(14)13-8-4-5-9-15(13)20(16)12-6-2-1-3-7-12;18-14-10-11-19-17-16(14)13-8-4-5-9-15(13)20(17)12-6-2-1-3-7-12;18-14-7-4-8-16-17(14)13-11-19-10-9-15(13)20(16)12-5-2-1-3-6-12;18-14-7-4-8-15-17(14)13-9-10-19-11-16(13)20(15)12-5-2-1-3-6-12/h6*1-11H. The third kappa shape index (κ3) is 14.5.